The number of para-hydroxylation sites is 1. The molecule has 180 valence electrons. The van der Waals surface area contributed by atoms with Crippen LogP contribution in [0.5, 0.6) is 0 Å². The summed E-state index contributed by atoms with van der Waals surface area (Å²) in [6.45, 7) is 0. The zero-order valence-electron chi connectivity index (χ0n) is 18.4. The molecule has 4 aromatic rings. The molecule has 0 fully saturated rings. The first-order valence-electron chi connectivity index (χ1n) is 10.5. The summed E-state index contributed by atoms with van der Waals surface area (Å²) in [5.74, 6) is -1.17. The van der Waals surface area contributed by atoms with Gasteiger partial charge in [0.1, 0.15) is 11.1 Å². The molecule has 4 rings (SSSR count). The number of aromatic nitrogens is 1. The summed E-state index contributed by atoms with van der Waals surface area (Å²) >= 11 is 1.94. The summed E-state index contributed by atoms with van der Waals surface area (Å²) in [6.07, 6.45) is -4.77. The van der Waals surface area contributed by atoms with E-state index in [0.29, 0.717) is 10.4 Å². The summed E-state index contributed by atoms with van der Waals surface area (Å²) in [7, 11) is 0. The number of thioether (sulfide) groups is 1. The number of nitrogens with zero attached hydrogens (tertiary/aromatic N) is 2. The van der Waals surface area contributed by atoms with Crippen molar-refractivity contribution in [2.24, 2.45) is 0 Å². The molecule has 0 saturated heterocycles. The van der Waals surface area contributed by atoms with Crippen molar-refractivity contribution in [1.29, 1.82) is 5.26 Å². The summed E-state index contributed by atoms with van der Waals surface area (Å²) in [6, 6.07) is 20.7. The van der Waals surface area contributed by atoms with Gasteiger partial charge in [0, 0.05) is 11.1 Å². The van der Waals surface area contributed by atoms with Crippen molar-refractivity contribution in [2.45, 2.75) is 11.2 Å². The van der Waals surface area contributed by atoms with Crippen LogP contribution in [-0.2, 0) is 11.0 Å². The van der Waals surface area contributed by atoms with Crippen molar-refractivity contribution >= 4 is 40.5 Å². The fourth-order valence-electron chi connectivity index (χ4n) is 3.36. The van der Waals surface area contributed by atoms with Crippen molar-refractivity contribution in [3.05, 3.63) is 100 Å². The molecule has 5 nitrogen and oxygen atoms in total. The fourth-order valence-corrected chi connectivity index (χ4v) is 4.85. The third kappa shape index (κ3) is 5.64. The Morgan fingerprint density at radius 2 is 1.75 bits per heavy atom. The van der Waals surface area contributed by atoms with Gasteiger partial charge in [-0.15, -0.1) is 11.3 Å². The Balaban J connectivity index is 1.58. The number of thiophene rings is 1. The second kappa shape index (κ2) is 10.8. The van der Waals surface area contributed by atoms with Gasteiger partial charge < -0.3 is 5.32 Å². The van der Waals surface area contributed by atoms with E-state index in [2.05, 4.69) is 10.3 Å². The van der Waals surface area contributed by atoms with Gasteiger partial charge in [0.25, 0.3) is 0 Å². The number of anilines is 1. The Morgan fingerprint density at radius 3 is 2.42 bits per heavy atom. The van der Waals surface area contributed by atoms with E-state index in [9.17, 15) is 28.0 Å². The van der Waals surface area contributed by atoms with E-state index in [1.54, 1.807) is 78.2 Å². The lowest BCUT2D eigenvalue weighted by molar-refractivity contribution is -0.138. The van der Waals surface area contributed by atoms with Crippen LogP contribution in [0.2, 0.25) is 0 Å². The maximum Gasteiger partial charge on any atom is 0.417 e. The number of halogens is 3. The molecule has 0 aliphatic carbocycles. The van der Waals surface area contributed by atoms with Crippen molar-refractivity contribution < 1.29 is 22.8 Å². The highest BCUT2D eigenvalue weighted by atomic mass is 32.2. The Labute approximate surface area is 212 Å². The van der Waals surface area contributed by atoms with Crippen LogP contribution in [-0.4, -0.2) is 22.4 Å². The molecule has 0 aliphatic rings. The van der Waals surface area contributed by atoms with Gasteiger partial charge in [-0.2, -0.15) is 18.4 Å². The van der Waals surface area contributed by atoms with Gasteiger partial charge >= 0.3 is 6.18 Å². The van der Waals surface area contributed by atoms with Crippen LogP contribution in [0.3, 0.4) is 0 Å². The minimum atomic E-state index is -4.77. The summed E-state index contributed by atoms with van der Waals surface area (Å²) < 4.78 is 41.1. The molecular weight excluding hydrogens is 507 g/mol. The monoisotopic (exact) mass is 523 g/mol. The number of nitrogens with one attached hydrogen (secondary N) is 1. The number of nitriles is 1. The first kappa shape index (κ1) is 25.2. The van der Waals surface area contributed by atoms with E-state index in [1.807, 2.05) is 0 Å². The van der Waals surface area contributed by atoms with E-state index in [0.717, 1.165) is 17.8 Å². The topological polar surface area (TPSA) is 82.8 Å². The van der Waals surface area contributed by atoms with Crippen LogP contribution in [0, 0.1) is 11.3 Å². The van der Waals surface area contributed by atoms with Gasteiger partial charge in [-0.3, -0.25) is 9.59 Å². The van der Waals surface area contributed by atoms with Crippen LogP contribution in [0.25, 0.3) is 10.6 Å². The van der Waals surface area contributed by atoms with Gasteiger partial charge in [-0.25, -0.2) is 4.98 Å². The quantitative estimate of drug-likeness (QED) is 0.216. The predicted octanol–water partition coefficient (Wildman–Crippen LogP) is 6.66. The van der Waals surface area contributed by atoms with Gasteiger partial charge in [0.2, 0.25) is 5.91 Å². The molecule has 1 N–H and O–H groups in total. The highest BCUT2D eigenvalue weighted by molar-refractivity contribution is 8.00. The van der Waals surface area contributed by atoms with Crippen molar-refractivity contribution in [2.75, 3.05) is 11.1 Å². The van der Waals surface area contributed by atoms with Crippen molar-refractivity contribution in [1.82, 2.24) is 4.98 Å². The summed E-state index contributed by atoms with van der Waals surface area (Å²) in [5.41, 5.74) is -0.685. The van der Waals surface area contributed by atoms with E-state index >= 15 is 0 Å². The summed E-state index contributed by atoms with van der Waals surface area (Å²) in [4.78, 5) is 30.3. The van der Waals surface area contributed by atoms with Gasteiger partial charge in [0.15, 0.2) is 5.78 Å². The number of alkyl halides is 3. The maximum atomic E-state index is 13.7. The van der Waals surface area contributed by atoms with Gasteiger partial charge in [0.05, 0.1) is 33.1 Å². The van der Waals surface area contributed by atoms with Crippen LogP contribution in [0.4, 0.5) is 18.9 Å². The molecule has 2 heterocycles. The standard InChI is InChI=1S/C26H16F3N3O2S2/c27-26(28,29)19-13-21(22-11-6-12-35-22)32-25(18(19)14-30)36-15-23(33)31-20-10-5-4-9-17(20)24(34)16-7-2-1-3-8-16/h1-13H,15H2,(H,31,33). The van der Waals surface area contributed by atoms with Gasteiger partial charge in [-0.1, -0.05) is 60.3 Å². The Morgan fingerprint density at radius 1 is 1.03 bits per heavy atom. The van der Waals surface area contributed by atoms with E-state index in [-0.39, 0.29) is 33.5 Å². The Kier molecular flexibility index (Phi) is 7.52. The third-order valence-electron chi connectivity index (χ3n) is 5.00. The highest BCUT2D eigenvalue weighted by Crippen LogP contribution is 2.38. The first-order chi connectivity index (χ1) is 17.3. The van der Waals surface area contributed by atoms with E-state index in [1.165, 1.54) is 11.3 Å². The first-order valence-corrected chi connectivity index (χ1v) is 12.3. The zero-order valence-corrected chi connectivity index (χ0v) is 20.0. The number of amides is 1. The van der Waals surface area contributed by atoms with Crippen LogP contribution in [0.15, 0.2) is 83.2 Å². The lowest BCUT2D eigenvalue weighted by Crippen LogP contribution is -2.17. The average molecular weight is 524 g/mol. The molecular formula is C26H16F3N3O2S2. The number of carbonyl (C=O) groups excluding carboxylic acids is 2. The molecule has 0 aliphatic heterocycles. The minimum Gasteiger partial charge on any atom is -0.325 e. The third-order valence-corrected chi connectivity index (χ3v) is 6.87. The largest absolute Gasteiger partial charge is 0.417 e. The number of pyridine rings is 1. The fraction of sp³-hybridized carbons (Fsp3) is 0.0769. The molecule has 10 heteroatoms. The second-order valence-electron chi connectivity index (χ2n) is 7.40. The molecule has 36 heavy (non-hydrogen) atoms. The minimum absolute atomic E-state index is 0.0676. The van der Waals surface area contributed by atoms with E-state index < -0.39 is 23.2 Å². The Hall–Kier alpha value is -3.94. The molecule has 0 atom stereocenters. The zero-order chi connectivity index (χ0) is 25.7. The van der Waals surface area contributed by atoms with E-state index in [4.69, 9.17) is 0 Å². The normalized spacial score (nSPS) is 11.1. The molecule has 2 aromatic carbocycles. The molecule has 0 radical (unpaired) electrons. The highest BCUT2D eigenvalue weighted by Gasteiger charge is 2.36. The van der Waals surface area contributed by atoms with Crippen LogP contribution >= 0.6 is 23.1 Å². The smallest absolute Gasteiger partial charge is 0.325 e. The summed E-state index contributed by atoms with van der Waals surface area (Å²) in [5, 5.41) is 13.6. The molecule has 0 spiro atoms. The molecule has 0 bridgehead atoms. The second-order valence-corrected chi connectivity index (χ2v) is 9.31. The Bertz CT molecular complexity index is 1450. The number of carbonyl (C=O) groups is 2. The number of benzene rings is 2. The number of rotatable bonds is 7. The van der Waals surface area contributed by atoms with Crippen molar-refractivity contribution in [3.63, 3.8) is 0 Å². The number of hydrogen-bond donors (Lipinski definition) is 1. The lowest BCUT2D eigenvalue weighted by atomic mass is 10.0. The lowest BCUT2D eigenvalue weighted by Gasteiger charge is -2.14. The van der Waals surface area contributed by atoms with Gasteiger partial charge in [-0.05, 0) is 29.6 Å². The van der Waals surface area contributed by atoms with Crippen molar-refractivity contribution in [3.8, 4) is 16.6 Å². The average Bonchev–Trinajstić information content (AvgIpc) is 3.42. The SMILES string of the molecule is N#Cc1c(C(F)(F)F)cc(-c2cccs2)nc1SCC(=O)Nc1ccccc1C(=O)c1ccccc1. The molecule has 0 unspecified atom stereocenters. The molecule has 2 aromatic heterocycles. The molecule has 1 amide bonds. The number of ketones is 1. The number of hydrogen-bond acceptors (Lipinski definition) is 6. The van der Waals surface area contributed by atoms with Crippen LogP contribution in [0.1, 0.15) is 27.0 Å². The molecule has 0 saturated carbocycles. The van der Waals surface area contributed by atoms with Crippen LogP contribution < -0.4 is 5.32 Å². The maximum absolute atomic E-state index is 13.7. The predicted molar refractivity (Wildman–Crippen MR) is 133 cm³/mol.